The maximum absolute atomic E-state index is 13.5. The number of nitrogens with zero attached hydrogens (tertiary/aromatic N) is 1. The standard InChI is InChI=1S/C30H23F6N3O3/c31-29(32,33)22-7-1-18(2-8-22)19-4-10-24(11-5-19)38-16-20-3-9-23(30(34,35)36)15-25(20)21-6-12-26(39-17-21)28(42)37-14-13-27(40)41/h1-12,15,17,38H,13-14,16H2,(H,37,42)(H,40,41). The molecule has 0 spiro atoms. The van der Waals surface area contributed by atoms with Crippen molar-refractivity contribution in [2.24, 2.45) is 0 Å². The molecule has 0 radical (unpaired) electrons. The van der Waals surface area contributed by atoms with E-state index in [0.717, 1.165) is 24.3 Å². The van der Waals surface area contributed by atoms with E-state index >= 15 is 0 Å². The molecule has 0 atom stereocenters. The lowest BCUT2D eigenvalue weighted by molar-refractivity contribution is -0.138. The predicted octanol–water partition coefficient (Wildman–Crippen LogP) is 7.27. The molecule has 0 fully saturated rings. The number of amides is 1. The summed E-state index contributed by atoms with van der Waals surface area (Å²) in [5, 5.41) is 14.2. The van der Waals surface area contributed by atoms with Gasteiger partial charge in [0.05, 0.1) is 17.5 Å². The van der Waals surface area contributed by atoms with Gasteiger partial charge in [0, 0.05) is 30.5 Å². The number of benzene rings is 3. The van der Waals surface area contributed by atoms with Gasteiger partial charge in [-0.05, 0) is 64.7 Å². The van der Waals surface area contributed by atoms with Crippen molar-refractivity contribution < 1.29 is 41.0 Å². The number of carboxylic acids is 1. The molecule has 3 aromatic carbocycles. The number of halogens is 6. The van der Waals surface area contributed by atoms with Gasteiger partial charge in [-0.25, -0.2) is 0 Å². The fraction of sp³-hybridized carbons (Fsp3) is 0.167. The number of anilines is 1. The molecule has 0 aliphatic heterocycles. The first-order chi connectivity index (χ1) is 19.8. The van der Waals surface area contributed by atoms with Crippen LogP contribution in [0.2, 0.25) is 0 Å². The SMILES string of the molecule is O=C(O)CCNC(=O)c1ccc(-c2cc(C(F)(F)F)ccc2CNc2ccc(-c3ccc(C(F)(F)F)cc3)cc2)cn1. The maximum Gasteiger partial charge on any atom is 0.416 e. The number of aromatic nitrogens is 1. The Kier molecular flexibility index (Phi) is 8.84. The van der Waals surface area contributed by atoms with E-state index in [1.54, 1.807) is 24.3 Å². The van der Waals surface area contributed by atoms with E-state index in [1.807, 2.05) is 0 Å². The van der Waals surface area contributed by atoms with Crippen molar-refractivity contribution in [3.8, 4) is 22.3 Å². The lowest BCUT2D eigenvalue weighted by Crippen LogP contribution is -2.26. The zero-order chi connectivity index (χ0) is 30.5. The second-order valence-corrected chi connectivity index (χ2v) is 9.21. The lowest BCUT2D eigenvalue weighted by atomic mass is 9.97. The fourth-order valence-electron chi connectivity index (χ4n) is 4.07. The summed E-state index contributed by atoms with van der Waals surface area (Å²) in [7, 11) is 0. The van der Waals surface area contributed by atoms with Crippen molar-refractivity contribution in [2.45, 2.75) is 25.3 Å². The third kappa shape index (κ3) is 7.65. The van der Waals surface area contributed by atoms with Crippen LogP contribution < -0.4 is 10.6 Å². The van der Waals surface area contributed by atoms with E-state index in [-0.39, 0.29) is 30.8 Å². The van der Waals surface area contributed by atoms with Crippen LogP contribution in [0.5, 0.6) is 0 Å². The van der Waals surface area contributed by atoms with Gasteiger partial charge in [-0.1, -0.05) is 36.4 Å². The number of carbonyl (C=O) groups is 2. The van der Waals surface area contributed by atoms with E-state index in [4.69, 9.17) is 5.11 Å². The summed E-state index contributed by atoms with van der Waals surface area (Å²) in [6, 6.07) is 17.7. The van der Waals surface area contributed by atoms with Gasteiger partial charge in [-0.15, -0.1) is 0 Å². The molecule has 1 heterocycles. The van der Waals surface area contributed by atoms with Crippen LogP contribution in [0, 0.1) is 0 Å². The van der Waals surface area contributed by atoms with E-state index in [1.165, 1.54) is 36.5 Å². The fourth-order valence-corrected chi connectivity index (χ4v) is 4.07. The topological polar surface area (TPSA) is 91.3 Å². The molecule has 1 aromatic heterocycles. The van der Waals surface area contributed by atoms with E-state index in [2.05, 4.69) is 15.6 Å². The predicted molar refractivity (Wildman–Crippen MR) is 143 cm³/mol. The summed E-state index contributed by atoms with van der Waals surface area (Å²) in [6.45, 7) is 0.0247. The number of hydrogen-bond acceptors (Lipinski definition) is 4. The highest BCUT2D eigenvalue weighted by Crippen LogP contribution is 2.35. The minimum absolute atomic E-state index is 0.0241. The van der Waals surface area contributed by atoms with Gasteiger partial charge in [0.25, 0.3) is 5.91 Å². The van der Waals surface area contributed by atoms with Crippen LogP contribution in [0.4, 0.5) is 32.0 Å². The van der Waals surface area contributed by atoms with Crippen LogP contribution in [0.15, 0.2) is 85.1 Å². The Morgan fingerprint density at radius 2 is 1.31 bits per heavy atom. The van der Waals surface area contributed by atoms with Crippen molar-refractivity contribution in [1.29, 1.82) is 0 Å². The average molecular weight is 588 g/mol. The molecule has 0 saturated carbocycles. The molecule has 3 N–H and O–H groups in total. The van der Waals surface area contributed by atoms with Crippen LogP contribution in [0.25, 0.3) is 22.3 Å². The van der Waals surface area contributed by atoms with Crippen molar-refractivity contribution in [3.63, 3.8) is 0 Å². The first-order valence-corrected chi connectivity index (χ1v) is 12.5. The molecule has 6 nitrogen and oxygen atoms in total. The monoisotopic (exact) mass is 587 g/mol. The molecule has 1 amide bonds. The lowest BCUT2D eigenvalue weighted by Gasteiger charge is -2.15. The van der Waals surface area contributed by atoms with Gasteiger partial charge in [0.15, 0.2) is 0 Å². The summed E-state index contributed by atoms with van der Waals surface area (Å²) in [6.07, 6.45) is -8.03. The Hall–Kier alpha value is -4.87. The molecule has 12 heteroatoms. The van der Waals surface area contributed by atoms with Crippen LogP contribution in [-0.2, 0) is 23.7 Å². The molecule has 42 heavy (non-hydrogen) atoms. The molecule has 4 rings (SSSR count). The number of nitrogens with one attached hydrogen (secondary N) is 2. The second-order valence-electron chi connectivity index (χ2n) is 9.21. The number of carbonyl (C=O) groups excluding carboxylic acids is 1. The molecular formula is C30H23F6N3O3. The van der Waals surface area contributed by atoms with Gasteiger partial charge in [-0.2, -0.15) is 26.3 Å². The van der Waals surface area contributed by atoms with Gasteiger partial charge in [0.2, 0.25) is 0 Å². The summed E-state index contributed by atoms with van der Waals surface area (Å²) < 4.78 is 79.0. The Bertz CT molecular complexity index is 1550. The number of aliphatic carboxylic acids is 1. The summed E-state index contributed by atoms with van der Waals surface area (Å²) >= 11 is 0. The average Bonchev–Trinajstić information content (AvgIpc) is 2.95. The number of carboxylic acid groups (broad SMARTS) is 1. The molecule has 0 unspecified atom stereocenters. The van der Waals surface area contributed by atoms with Crippen LogP contribution >= 0.6 is 0 Å². The van der Waals surface area contributed by atoms with Crippen molar-refractivity contribution in [3.05, 3.63) is 107 Å². The van der Waals surface area contributed by atoms with E-state index in [9.17, 15) is 35.9 Å². The Labute approximate surface area is 236 Å². The quantitative estimate of drug-likeness (QED) is 0.179. The Balaban J connectivity index is 1.51. The zero-order valence-electron chi connectivity index (χ0n) is 21.7. The highest BCUT2D eigenvalue weighted by atomic mass is 19.4. The molecule has 0 aliphatic carbocycles. The largest absolute Gasteiger partial charge is 0.481 e. The third-order valence-corrected chi connectivity index (χ3v) is 6.28. The van der Waals surface area contributed by atoms with Gasteiger partial charge >= 0.3 is 18.3 Å². The zero-order valence-corrected chi connectivity index (χ0v) is 21.7. The second kappa shape index (κ2) is 12.3. The summed E-state index contributed by atoms with van der Waals surface area (Å²) in [5.41, 5.74) is 1.34. The molecule has 0 bridgehead atoms. The first kappa shape index (κ1) is 30.1. The highest BCUT2D eigenvalue weighted by molar-refractivity contribution is 5.92. The normalized spacial score (nSPS) is 11.7. The van der Waals surface area contributed by atoms with Gasteiger partial charge in [-0.3, -0.25) is 14.6 Å². The summed E-state index contributed by atoms with van der Waals surface area (Å²) in [4.78, 5) is 26.8. The number of pyridine rings is 1. The van der Waals surface area contributed by atoms with Crippen LogP contribution in [0.3, 0.4) is 0 Å². The minimum Gasteiger partial charge on any atom is -0.481 e. The number of hydrogen-bond donors (Lipinski definition) is 3. The van der Waals surface area contributed by atoms with Crippen molar-refractivity contribution >= 4 is 17.6 Å². The minimum atomic E-state index is -4.59. The third-order valence-electron chi connectivity index (χ3n) is 6.28. The summed E-state index contributed by atoms with van der Waals surface area (Å²) in [5.74, 6) is -1.70. The number of alkyl halides is 6. The molecule has 218 valence electrons. The van der Waals surface area contributed by atoms with Gasteiger partial charge < -0.3 is 15.7 Å². The smallest absolute Gasteiger partial charge is 0.416 e. The molecule has 4 aromatic rings. The van der Waals surface area contributed by atoms with E-state index in [0.29, 0.717) is 27.9 Å². The van der Waals surface area contributed by atoms with Crippen molar-refractivity contribution in [2.75, 3.05) is 11.9 Å². The number of rotatable bonds is 9. The Morgan fingerprint density at radius 1 is 0.738 bits per heavy atom. The van der Waals surface area contributed by atoms with E-state index < -0.39 is 35.4 Å². The Morgan fingerprint density at radius 3 is 1.86 bits per heavy atom. The van der Waals surface area contributed by atoms with Crippen molar-refractivity contribution in [1.82, 2.24) is 10.3 Å². The van der Waals surface area contributed by atoms with Crippen LogP contribution in [0.1, 0.15) is 33.6 Å². The molecule has 0 saturated heterocycles. The highest BCUT2D eigenvalue weighted by Gasteiger charge is 2.31. The molecular weight excluding hydrogens is 564 g/mol. The van der Waals surface area contributed by atoms with Gasteiger partial charge in [0.1, 0.15) is 5.69 Å². The first-order valence-electron chi connectivity index (χ1n) is 12.5. The maximum atomic E-state index is 13.5. The molecule has 0 aliphatic rings. The van der Waals surface area contributed by atoms with Crippen LogP contribution in [-0.4, -0.2) is 28.5 Å².